The largest absolute Gasteiger partial charge is 0.488 e. The van der Waals surface area contributed by atoms with Gasteiger partial charge in [0.25, 0.3) is 0 Å². The summed E-state index contributed by atoms with van der Waals surface area (Å²) in [6.45, 7) is 2.40. The summed E-state index contributed by atoms with van der Waals surface area (Å²) in [7, 11) is 1.36. The van der Waals surface area contributed by atoms with E-state index in [1.807, 2.05) is 37.3 Å². The molecule has 4 nitrogen and oxygen atoms in total. The van der Waals surface area contributed by atoms with E-state index in [-0.39, 0.29) is 6.10 Å². The van der Waals surface area contributed by atoms with Crippen molar-refractivity contribution in [2.75, 3.05) is 13.7 Å². The Morgan fingerprint density at radius 1 is 1.25 bits per heavy atom. The van der Waals surface area contributed by atoms with Crippen LogP contribution < -0.4 is 10.5 Å². The number of carbonyl (C=O) groups is 1. The monoisotopic (exact) mass is 273 g/mol. The van der Waals surface area contributed by atoms with Gasteiger partial charge in [0, 0.05) is 6.54 Å². The average Bonchev–Trinajstić information content (AvgIpc) is 2.50. The smallest absolute Gasteiger partial charge is 0.341 e. The Balaban J connectivity index is 2.50. The number of fused-ring (bicyclic) bond motifs is 1. The van der Waals surface area contributed by atoms with Crippen LogP contribution >= 0.6 is 0 Å². The summed E-state index contributed by atoms with van der Waals surface area (Å²) in [5, 5.41) is 1.99. The zero-order valence-electron chi connectivity index (χ0n) is 11.8. The molecule has 0 radical (unpaired) electrons. The third-order valence-corrected chi connectivity index (χ3v) is 3.27. The van der Waals surface area contributed by atoms with Gasteiger partial charge in [-0.1, -0.05) is 31.2 Å². The van der Waals surface area contributed by atoms with Gasteiger partial charge in [0.2, 0.25) is 0 Å². The highest BCUT2D eigenvalue weighted by molar-refractivity contribution is 5.98. The maximum atomic E-state index is 11.9. The number of hydrogen-bond donors (Lipinski definition) is 1. The lowest BCUT2D eigenvalue weighted by Crippen LogP contribution is -2.26. The SMILES string of the molecule is CCC(CN)Oc1cc2ccccc2cc1C(=O)OC. The number of methoxy groups -OCH3 is 1. The first-order valence-electron chi connectivity index (χ1n) is 6.67. The second kappa shape index (κ2) is 6.39. The molecule has 2 rings (SSSR count). The zero-order chi connectivity index (χ0) is 14.5. The van der Waals surface area contributed by atoms with E-state index in [1.54, 1.807) is 6.07 Å². The average molecular weight is 273 g/mol. The molecule has 2 N–H and O–H groups in total. The van der Waals surface area contributed by atoms with Crippen molar-refractivity contribution in [1.82, 2.24) is 0 Å². The molecule has 4 heteroatoms. The van der Waals surface area contributed by atoms with E-state index < -0.39 is 5.97 Å². The molecule has 1 atom stereocenters. The Hall–Kier alpha value is -2.07. The number of esters is 1. The molecule has 0 heterocycles. The predicted molar refractivity (Wildman–Crippen MR) is 79.0 cm³/mol. The molecule has 0 aliphatic rings. The Morgan fingerprint density at radius 2 is 1.90 bits per heavy atom. The Labute approximate surface area is 118 Å². The van der Waals surface area contributed by atoms with Crippen LogP contribution in [-0.4, -0.2) is 25.7 Å². The summed E-state index contributed by atoms with van der Waals surface area (Å²) < 4.78 is 10.7. The minimum absolute atomic E-state index is 0.112. The van der Waals surface area contributed by atoms with Crippen molar-refractivity contribution in [1.29, 1.82) is 0 Å². The van der Waals surface area contributed by atoms with Gasteiger partial charge in [-0.05, 0) is 29.3 Å². The number of hydrogen-bond acceptors (Lipinski definition) is 4. The molecule has 0 aliphatic heterocycles. The van der Waals surface area contributed by atoms with Crippen molar-refractivity contribution in [3.8, 4) is 5.75 Å². The van der Waals surface area contributed by atoms with E-state index in [9.17, 15) is 4.79 Å². The van der Waals surface area contributed by atoms with Crippen LogP contribution in [0.4, 0.5) is 0 Å². The van der Waals surface area contributed by atoms with Gasteiger partial charge in [0.1, 0.15) is 17.4 Å². The van der Waals surface area contributed by atoms with Crippen LogP contribution in [0.1, 0.15) is 23.7 Å². The summed E-state index contributed by atoms with van der Waals surface area (Å²) in [5.41, 5.74) is 6.09. The Bertz CT molecular complexity index is 606. The summed E-state index contributed by atoms with van der Waals surface area (Å²) in [6, 6.07) is 11.5. The lowest BCUT2D eigenvalue weighted by atomic mass is 10.1. The minimum Gasteiger partial charge on any atom is -0.488 e. The standard InChI is InChI=1S/C16H19NO3/c1-3-13(10-17)20-15-9-12-7-5-4-6-11(12)8-14(15)16(18)19-2/h4-9,13H,3,10,17H2,1-2H3. The molecule has 0 fully saturated rings. The normalized spacial score (nSPS) is 12.2. The number of ether oxygens (including phenoxy) is 2. The fraction of sp³-hybridized carbons (Fsp3) is 0.312. The quantitative estimate of drug-likeness (QED) is 0.851. The van der Waals surface area contributed by atoms with Crippen molar-refractivity contribution in [2.45, 2.75) is 19.4 Å². The van der Waals surface area contributed by atoms with Gasteiger partial charge in [0.05, 0.1) is 7.11 Å². The Kier molecular flexibility index (Phi) is 4.58. The summed E-state index contributed by atoms with van der Waals surface area (Å²) in [5.74, 6) is 0.116. The van der Waals surface area contributed by atoms with Crippen LogP contribution in [-0.2, 0) is 4.74 Å². The van der Waals surface area contributed by atoms with Crippen LogP contribution in [0.25, 0.3) is 10.8 Å². The van der Waals surface area contributed by atoms with Gasteiger partial charge < -0.3 is 15.2 Å². The third-order valence-electron chi connectivity index (χ3n) is 3.27. The molecule has 0 aliphatic carbocycles. The van der Waals surface area contributed by atoms with E-state index in [4.69, 9.17) is 15.2 Å². The van der Waals surface area contributed by atoms with E-state index in [2.05, 4.69) is 0 Å². The van der Waals surface area contributed by atoms with Gasteiger partial charge in [-0.2, -0.15) is 0 Å². The van der Waals surface area contributed by atoms with Crippen molar-refractivity contribution < 1.29 is 14.3 Å². The van der Waals surface area contributed by atoms with Crippen molar-refractivity contribution in [3.63, 3.8) is 0 Å². The molecule has 0 spiro atoms. The maximum Gasteiger partial charge on any atom is 0.341 e. The zero-order valence-corrected chi connectivity index (χ0v) is 11.8. The first-order valence-corrected chi connectivity index (χ1v) is 6.67. The van der Waals surface area contributed by atoms with Crippen molar-refractivity contribution in [3.05, 3.63) is 42.0 Å². The molecule has 1 unspecified atom stereocenters. The van der Waals surface area contributed by atoms with Crippen LogP contribution in [0.5, 0.6) is 5.75 Å². The molecular formula is C16H19NO3. The van der Waals surface area contributed by atoms with E-state index in [1.165, 1.54) is 7.11 Å². The molecule has 0 amide bonds. The minimum atomic E-state index is -0.405. The molecule has 0 saturated heterocycles. The summed E-state index contributed by atoms with van der Waals surface area (Å²) in [4.78, 5) is 11.9. The first-order chi connectivity index (χ1) is 9.69. The van der Waals surface area contributed by atoms with Gasteiger partial charge in [0.15, 0.2) is 0 Å². The number of benzene rings is 2. The van der Waals surface area contributed by atoms with Crippen molar-refractivity contribution >= 4 is 16.7 Å². The molecule has 0 aromatic heterocycles. The van der Waals surface area contributed by atoms with E-state index in [0.717, 1.165) is 17.2 Å². The van der Waals surface area contributed by atoms with Crippen LogP contribution in [0, 0.1) is 0 Å². The van der Waals surface area contributed by atoms with Crippen LogP contribution in [0.3, 0.4) is 0 Å². The fourth-order valence-corrected chi connectivity index (χ4v) is 2.06. The van der Waals surface area contributed by atoms with Crippen molar-refractivity contribution in [2.24, 2.45) is 5.73 Å². The number of nitrogens with two attached hydrogens (primary N) is 1. The van der Waals surface area contributed by atoms with Gasteiger partial charge >= 0.3 is 5.97 Å². The molecule has 0 saturated carbocycles. The van der Waals surface area contributed by atoms with Gasteiger partial charge in [-0.3, -0.25) is 0 Å². The number of carbonyl (C=O) groups excluding carboxylic acids is 1. The Morgan fingerprint density at radius 3 is 2.45 bits per heavy atom. The van der Waals surface area contributed by atoms with Gasteiger partial charge in [-0.15, -0.1) is 0 Å². The van der Waals surface area contributed by atoms with E-state index in [0.29, 0.717) is 17.9 Å². The molecule has 2 aromatic carbocycles. The lowest BCUT2D eigenvalue weighted by molar-refractivity contribution is 0.0593. The van der Waals surface area contributed by atoms with E-state index >= 15 is 0 Å². The third kappa shape index (κ3) is 2.91. The second-order valence-corrected chi connectivity index (χ2v) is 4.57. The molecule has 2 aromatic rings. The molecular weight excluding hydrogens is 254 g/mol. The second-order valence-electron chi connectivity index (χ2n) is 4.57. The highest BCUT2D eigenvalue weighted by Gasteiger charge is 2.17. The number of rotatable bonds is 5. The molecule has 106 valence electrons. The fourth-order valence-electron chi connectivity index (χ4n) is 2.06. The van der Waals surface area contributed by atoms with Gasteiger partial charge in [-0.25, -0.2) is 4.79 Å². The summed E-state index contributed by atoms with van der Waals surface area (Å²) >= 11 is 0. The summed E-state index contributed by atoms with van der Waals surface area (Å²) in [6.07, 6.45) is 0.670. The van der Waals surface area contributed by atoms with Crippen LogP contribution in [0.2, 0.25) is 0 Å². The maximum absolute atomic E-state index is 11.9. The highest BCUT2D eigenvalue weighted by Crippen LogP contribution is 2.27. The topological polar surface area (TPSA) is 61.5 Å². The molecule has 20 heavy (non-hydrogen) atoms. The lowest BCUT2D eigenvalue weighted by Gasteiger charge is -2.18. The molecule has 0 bridgehead atoms. The first kappa shape index (κ1) is 14.3. The predicted octanol–water partition coefficient (Wildman–Crippen LogP) is 2.74. The van der Waals surface area contributed by atoms with Crippen LogP contribution in [0.15, 0.2) is 36.4 Å². The highest BCUT2D eigenvalue weighted by atomic mass is 16.5.